The van der Waals surface area contributed by atoms with Crippen molar-refractivity contribution in [2.75, 3.05) is 0 Å². The van der Waals surface area contributed by atoms with Gasteiger partial charge in [-0.2, -0.15) is 0 Å². The van der Waals surface area contributed by atoms with E-state index in [4.69, 9.17) is 4.42 Å². The molecule has 0 atom stereocenters. The van der Waals surface area contributed by atoms with Crippen LogP contribution in [0.15, 0.2) is 33.5 Å². The number of nitrogens with one attached hydrogen (secondary N) is 1. The van der Waals surface area contributed by atoms with Crippen molar-refractivity contribution < 1.29 is 4.42 Å². The summed E-state index contributed by atoms with van der Waals surface area (Å²) in [6.07, 6.45) is 0. The van der Waals surface area contributed by atoms with Crippen molar-refractivity contribution in [2.45, 2.75) is 0 Å². The molecule has 1 N–H and O–H groups in total. The van der Waals surface area contributed by atoms with Gasteiger partial charge in [0, 0.05) is 0 Å². The average Bonchev–Trinajstić information content (AvgIpc) is 2.66. The fourth-order valence-corrected chi connectivity index (χ4v) is 1.42. The molecule has 14 heavy (non-hydrogen) atoms. The van der Waals surface area contributed by atoms with E-state index >= 15 is 0 Å². The number of benzene rings is 1. The average molecular weight is 187 g/mol. The van der Waals surface area contributed by atoms with E-state index in [1.807, 2.05) is 0 Å². The van der Waals surface area contributed by atoms with Gasteiger partial charge < -0.3 is 4.42 Å². The van der Waals surface area contributed by atoms with Gasteiger partial charge in [0.25, 0.3) is 5.71 Å². The first kappa shape index (κ1) is 7.25. The maximum atomic E-state index is 11.8. The molecular weight excluding hydrogens is 182 g/mol. The summed E-state index contributed by atoms with van der Waals surface area (Å²) in [5.41, 5.74) is 0.947. The molecular formula is C9H5N3O2. The molecule has 2 aromatic heterocycles. The van der Waals surface area contributed by atoms with Gasteiger partial charge in [0.2, 0.25) is 5.43 Å². The molecule has 68 valence electrons. The third-order valence-electron chi connectivity index (χ3n) is 2.08. The normalized spacial score (nSPS) is 11.1. The van der Waals surface area contributed by atoms with Gasteiger partial charge in [0.15, 0.2) is 5.52 Å². The molecule has 0 aliphatic carbocycles. The Morgan fingerprint density at radius 2 is 2.14 bits per heavy atom. The number of hydrogen-bond donors (Lipinski definition) is 1. The predicted octanol–water partition coefficient (Wildman–Crippen LogP) is 1.06. The second-order valence-corrected chi connectivity index (χ2v) is 2.92. The minimum atomic E-state index is -0.133. The van der Waals surface area contributed by atoms with Crippen LogP contribution in [0, 0.1) is 0 Å². The van der Waals surface area contributed by atoms with Crippen molar-refractivity contribution in [1.82, 2.24) is 15.4 Å². The van der Waals surface area contributed by atoms with Crippen molar-refractivity contribution in [3.05, 3.63) is 34.5 Å². The van der Waals surface area contributed by atoms with Crippen LogP contribution in [0.1, 0.15) is 0 Å². The van der Waals surface area contributed by atoms with Gasteiger partial charge >= 0.3 is 0 Å². The molecule has 0 saturated heterocycles. The molecule has 0 bridgehead atoms. The molecule has 3 aromatic rings. The van der Waals surface area contributed by atoms with Crippen LogP contribution in [0.25, 0.3) is 22.2 Å². The lowest BCUT2D eigenvalue weighted by Crippen LogP contribution is -2.01. The van der Waals surface area contributed by atoms with Gasteiger partial charge in [0.05, 0.1) is 5.39 Å². The first-order valence-electron chi connectivity index (χ1n) is 4.09. The standard InChI is InChI=1S/C9H5N3O2/c13-8-5-3-1-2-4-6(5)14-9-7(8)10-12-11-9/h1-4H,(H,10,11,12). The van der Waals surface area contributed by atoms with E-state index in [1.54, 1.807) is 24.3 Å². The van der Waals surface area contributed by atoms with Crippen molar-refractivity contribution in [1.29, 1.82) is 0 Å². The highest BCUT2D eigenvalue weighted by atomic mass is 16.3. The molecule has 5 nitrogen and oxygen atoms in total. The first-order chi connectivity index (χ1) is 6.86. The molecule has 0 amide bonds. The second-order valence-electron chi connectivity index (χ2n) is 2.92. The summed E-state index contributed by atoms with van der Waals surface area (Å²) >= 11 is 0. The Hall–Kier alpha value is -2.17. The number of rotatable bonds is 0. The molecule has 0 radical (unpaired) electrons. The van der Waals surface area contributed by atoms with Crippen molar-refractivity contribution in [3.8, 4) is 0 Å². The molecule has 0 spiro atoms. The Labute approximate surface area is 77.3 Å². The monoisotopic (exact) mass is 187 g/mol. The Kier molecular flexibility index (Phi) is 1.25. The van der Waals surface area contributed by atoms with Crippen LogP contribution in [0.5, 0.6) is 0 Å². The quantitative estimate of drug-likeness (QED) is 0.571. The third-order valence-corrected chi connectivity index (χ3v) is 2.08. The van der Waals surface area contributed by atoms with Crippen LogP contribution >= 0.6 is 0 Å². The van der Waals surface area contributed by atoms with Crippen LogP contribution < -0.4 is 5.43 Å². The lowest BCUT2D eigenvalue weighted by Gasteiger charge is -1.93. The number of nitrogens with zero attached hydrogens (tertiary/aromatic N) is 2. The maximum Gasteiger partial charge on any atom is 0.270 e. The fourth-order valence-electron chi connectivity index (χ4n) is 1.42. The summed E-state index contributed by atoms with van der Waals surface area (Å²) in [6.45, 7) is 0. The number of fused-ring (bicyclic) bond motifs is 2. The molecule has 0 unspecified atom stereocenters. The molecule has 0 fully saturated rings. The summed E-state index contributed by atoms with van der Waals surface area (Å²) < 4.78 is 5.36. The smallest absolute Gasteiger partial charge is 0.270 e. The summed E-state index contributed by atoms with van der Waals surface area (Å²) in [4.78, 5) is 11.8. The largest absolute Gasteiger partial charge is 0.435 e. The van der Waals surface area contributed by atoms with Gasteiger partial charge in [-0.15, -0.1) is 0 Å². The number of para-hydroxylation sites is 1. The van der Waals surface area contributed by atoms with Crippen LogP contribution in [0.3, 0.4) is 0 Å². The molecule has 5 heteroatoms. The highest BCUT2D eigenvalue weighted by molar-refractivity contribution is 5.85. The topological polar surface area (TPSA) is 71.8 Å². The van der Waals surface area contributed by atoms with Crippen LogP contribution in [0.4, 0.5) is 0 Å². The third kappa shape index (κ3) is 0.806. The highest BCUT2D eigenvalue weighted by Gasteiger charge is 2.08. The second kappa shape index (κ2) is 2.41. The van der Waals surface area contributed by atoms with E-state index < -0.39 is 0 Å². The van der Waals surface area contributed by atoms with Crippen molar-refractivity contribution in [2.24, 2.45) is 0 Å². The lowest BCUT2D eigenvalue weighted by molar-refractivity contribution is 0.641. The SMILES string of the molecule is O=c1c2ccccc2oc2nn[nH]c12. The molecule has 1 aromatic carbocycles. The zero-order chi connectivity index (χ0) is 9.54. The Morgan fingerprint density at radius 1 is 1.29 bits per heavy atom. The molecule has 3 rings (SSSR count). The summed E-state index contributed by atoms with van der Waals surface area (Å²) in [5, 5.41) is 10.2. The molecule has 0 saturated carbocycles. The van der Waals surface area contributed by atoms with Gasteiger partial charge in [-0.05, 0) is 12.1 Å². The zero-order valence-corrected chi connectivity index (χ0v) is 7.02. The zero-order valence-electron chi connectivity index (χ0n) is 7.02. The van der Waals surface area contributed by atoms with E-state index in [2.05, 4.69) is 15.4 Å². The van der Waals surface area contributed by atoms with E-state index in [0.717, 1.165) is 0 Å². The Bertz CT molecular complexity index is 668. The number of H-pyrrole nitrogens is 1. The van der Waals surface area contributed by atoms with Gasteiger partial charge in [-0.3, -0.25) is 9.89 Å². The van der Waals surface area contributed by atoms with Gasteiger partial charge in [-0.1, -0.05) is 22.4 Å². The van der Waals surface area contributed by atoms with Crippen LogP contribution in [0.2, 0.25) is 0 Å². The van der Waals surface area contributed by atoms with Crippen LogP contribution in [-0.4, -0.2) is 15.4 Å². The number of aromatic nitrogens is 3. The predicted molar refractivity (Wildman–Crippen MR) is 49.9 cm³/mol. The molecule has 0 aliphatic heterocycles. The van der Waals surface area contributed by atoms with E-state index in [0.29, 0.717) is 16.5 Å². The van der Waals surface area contributed by atoms with Crippen molar-refractivity contribution >= 4 is 22.2 Å². The lowest BCUT2D eigenvalue weighted by atomic mass is 10.2. The van der Waals surface area contributed by atoms with Gasteiger partial charge in [-0.25, -0.2) is 0 Å². The Balaban J connectivity index is 2.70. The minimum absolute atomic E-state index is 0.133. The van der Waals surface area contributed by atoms with Crippen LogP contribution in [-0.2, 0) is 0 Å². The summed E-state index contributed by atoms with van der Waals surface area (Å²) in [7, 11) is 0. The molecule has 2 heterocycles. The number of hydrogen-bond acceptors (Lipinski definition) is 4. The highest BCUT2D eigenvalue weighted by Crippen LogP contribution is 2.13. The van der Waals surface area contributed by atoms with Crippen molar-refractivity contribution in [3.63, 3.8) is 0 Å². The Morgan fingerprint density at radius 3 is 3.07 bits per heavy atom. The summed E-state index contributed by atoms with van der Waals surface area (Å²) in [5.74, 6) is 0. The summed E-state index contributed by atoms with van der Waals surface area (Å²) in [6, 6.07) is 7.03. The minimum Gasteiger partial charge on any atom is -0.435 e. The van der Waals surface area contributed by atoms with E-state index in [-0.39, 0.29) is 11.1 Å². The van der Waals surface area contributed by atoms with E-state index in [9.17, 15) is 4.79 Å². The first-order valence-corrected chi connectivity index (χ1v) is 4.09. The molecule has 0 aliphatic rings. The van der Waals surface area contributed by atoms with E-state index in [1.165, 1.54) is 0 Å². The fraction of sp³-hybridized carbons (Fsp3) is 0. The van der Waals surface area contributed by atoms with Gasteiger partial charge in [0.1, 0.15) is 5.58 Å². The number of aromatic amines is 1. The maximum absolute atomic E-state index is 11.8.